The molecule has 0 aliphatic rings. The van der Waals surface area contributed by atoms with Crippen LogP contribution in [0.4, 0.5) is 13.2 Å². The average molecular weight is 355 g/mol. The van der Waals surface area contributed by atoms with Crippen molar-refractivity contribution >= 4 is 16.9 Å². The van der Waals surface area contributed by atoms with Crippen molar-refractivity contribution in [3.8, 4) is 0 Å². The number of nitrogens with zero attached hydrogens (tertiary/aromatic N) is 2. The minimum atomic E-state index is -4.90. The molecule has 0 saturated heterocycles. The highest BCUT2D eigenvalue weighted by Gasteiger charge is 2.38. The standard InChI is InChI=1S/C17H20F3N3O2/c1-5-6-21-15(24)11(4)23-13-8-10(3)9(2)7-12(13)22-14(16(23)25)17(18,19)20/h7-8,11H,5-6H2,1-4H3,(H,21,24)/t11-/m0/s1. The summed E-state index contributed by atoms with van der Waals surface area (Å²) in [5.74, 6) is -0.511. The predicted molar refractivity (Wildman–Crippen MR) is 88.5 cm³/mol. The van der Waals surface area contributed by atoms with Crippen LogP contribution < -0.4 is 10.9 Å². The lowest BCUT2D eigenvalue weighted by Crippen LogP contribution is -2.39. The first-order chi connectivity index (χ1) is 11.6. The van der Waals surface area contributed by atoms with Gasteiger partial charge in [-0.2, -0.15) is 13.2 Å². The molecule has 0 aliphatic carbocycles. The van der Waals surface area contributed by atoms with E-state index in [9.17, 15) is 22.8 Å². The second-order valence-corrected chi connectivity index (χ2v) is 6.03. The summed E-state index contributed by atoms with van der Waals surface area (Å²) in [6.07, 6.45) is -4.22. The smallest absolute Gasteiger partial charge is 0.354 e. The monoisotopic (exact) mass is 355 g/mol. The van der Waals surface area contributed by atoms with Crippen LogP contribution in [0.2, 0.25) is 0 Å². The molecule has 0 unspecified atom stereocenters. The molecule has 0 aliphatic heterocycles. The highest BCUT2D eigenvalue weighted by Crippen LogP contribution is 2.28. The zero-order chi connectivity index (χ0) is 18.9. The molecule has 2 aromatic rings. The fourth-order valence-corrected chi connectivity index (χ4v) is 2.54. The van der Waals surface area contributed by atoms with Gasteiger partial charge in [-0.3, -0.25) is 14.2 Å². The van der Waals surface area contributed by atoms with E-state index < -0.39 is 29.4 Å². The van der Waals surface area contributed by atoms with E-state index in [0.29, 0.717) is 13.0 Å². The number of hydrogen-bond acceptors (Lipinski definition) is 3. The molecular formula is C17H20F3N3O2. The van der Waals surface area contributed by atoms with Crippen LogP contribution in [0, 0.1) is 13.8 Å². The Morgan fingerprint density at radius 3 is 2.44 bits per heavy atom. The number of carbonyl (C=O) groups excluding carboxylic acids is 1. The highest BCUT2D eigenvalue weighted by molar-refractivity contribution is 5.84. The lowest BCUT2D eigenvalue weighted by molar-refractivity contribution is -0.142. The van der Waals surface area contributed by atoms with E-state index in [1.807, 2.05) is 6.92 Å². The highest BCUT2D eigenvalue weighted by atomic mass is 19.4. The molecule has 1 N–H and O–H groups in total. The van der Waals surface area contributed by atoms with Crippen LogP contribution in [0.15, 0.2) is 16.9 Å². The number of aryl methyl sites for hydroxylation is 2. The number of nitrogens with one attached hydrogen (secondary N) is 1. The minimum absolute atomic E-state index is 0.0326. The maximum atomic E-state index is 13.2. The van der Waals surface area contributed by atoms with Crippen molar-refractivity contribution in [3.63, 3.8) is 0 Å². The molecule has 1 aromatic carbocycles. The first-order valence-electron chi connectivity index (χ1n) is 7.96. The van der Waals surface area contributed by atoms with Gasteiger partial charge in [-0.25, -0.2) is 4.98 Å². The van der Waals surface area contributed by atoms with Crippen LogP contribution in [-0.4, -0.2) is 22.0 Å². The molecule has 25 heavy (non-hydrogen) atoms. The first-order valence-corrected chi connectivity index (χ1v) is 7.96. The number of carbonyl (C=O) groups is 1. The molecule has 0 saturated carbocycles. The maximum absolute atomic E-state index is 13.2. The van der Waals surface area contributed by atoms with Gasteiger partial charge >= 0.3 is 6.18 Å². The molecule has 0 fully saturated rings. The zero-order valence-electron chi connectivity index (χ0n) is 14.5. The Labute approximate surface area is 142 Å². The molecule has 0 radical (unpaired) electrons. The molecular weight excluding hydrogens is 335 g/mol. The quantitative estimate of drug-likeness (QED) is 0.917. The largest absolute Gasteiger partial charge is 0.438 e. The molecule has 1 amide bonds. The van der Waals surface area contributed by atoms with Crippen LogP contribution in [0.3, 0.4) is 0 Å². The van der Waals surface area contributed by atoms with Gasteiger partial charge in [0.2, 0.25) is 11.6 Å². The number of fused-ring (bicyclic) bond motifs is 1. The van der Waals surface area contributed by atoms with Gasteiger partial charge in [0.05, 0.1) is 11.0 Å². The zero-order valence-corrected chi connectivity index (χ0v) is 14.5. The lowest BCUT2D eigenvalue weighted by Gasteiger charge is -2.20. The van der Waals surface area contributed by atoms with Gasteiger partial charge < -0.3 is 5.32 Å². The Hall–Kier alpha value is -2.38. The normalized spacial score (nSPS) is 13.1. The fraction of sp³-hybridized carbons (Fsp3) is 0.471. The van der Waals surface area contributed by atoms with Gasteiger partial charge in [-0.1, -0.05) is 6.92 Å². The van der Waals surface area contributed by atoms with Gasteiger partial charge in [0.1, 0.15) is 6.04 Å². The molecule has 0 spiro atoms. The molecule has 136 valence electrons. The number of hydrogen-bond donors (Lipinski definition) is 1. The van der Waals surface area contributed by atoms with E-state index in [-0.39, 0.29) is 11.0 Å². The summed E-state index contributed by atoms with van der Waals surface area (Å²) in [4.78, 5) is 28.2. The Balaban J connectivity index is 2.79. The van der Waals surface area contributed by atoms with Gasteiger partial charge in [0.15, 0.2) is 0 Å². The first kappa shape index (κ1) is 19.0. The summed E-state index contributed by atoms with van der Waals surface area (Å²) in [6, 6.07) is 1.99. The molecule has 1 aromatic heterocycles. The predicted octanol–water partition coefficient (Wildman–Crippen LogP) is 3.12. The maximum Gasteiger partial charge on any atom is 0.438 e. The van der Waals surface area contributed by atoms with E-state index in [4.69, 9.17) is 0 Å². The SMILES string of the molecule is CCCNC(=O)[C@H](C)n1c(=O)c(C(F)(F)F)nc2cc(C)c(C)cc21. The van der Waals surface area contributed by atoms with E-state index in [1.54, 1.807) is 19.9 Å². The lowest BCUT2D eigenvalue weighted by atomic mass is 10.1. The number of halogens is 3. The summed E-state index contributed by atoms with van der Waals surface area (Å²) >= 11 is 0. The van der Waals surface area contributed by atoms with Crippen molar-refractivity contribution in [3.05, 3.63) is 39.3 Å². The number of amides is 1. The number of aromatic nitrogens is 2. The molecule has 1 heterocycles. The molecule has 5 nitrogen and oxygen atoms in total. The van der Waals surface area contributed by atoms with Gasteiger partial charge in [-0.05, 0) is 50.5 Å². The van der Waals surface area contributed by atoms with Crippen LogP contribution in [0.25, 0.3) is 11.0 Å². The summed E-state index contributed by atoms with van der Waals surface area (Å²) < 4.78 is 40.6. The van der Waals surface area contributed by atoms with Gasteiger partial charge in [-0.15, -0.1) is 0 Å². The van der Waals surface area contributed by atoms with E-state index >= 15 is 0 Å². The number of benzene rings is 1. The Kier molecular flexibility index (Phi) is 5.20. The fourth-order valence-electron chi connectivity index (χ4n) is 2.54. The van der Waals surface area contributed by atoms with Crippen molar-refractivity contribution in [1.29, 1.82) is 0 Å². The van der Waals surface area contributed by atoms with E-state index in [2.05, 4.69) is 10.3 Å². The minimum Gasteiger partial charge on any atom is -0.354 e. The second kappa shape index (κ2) is 6.85. The topological polar surface area (TPSA) is 64.0 Å². The van der Waals surface area contributed by atoms with Crippen molar-refractivity contribution in [2.75, 3.05) is 6.54 Å². The van der Waals surface area contributed by atoms with Crippen molar-refractivity contribution in [2.45, 2.75) is 46.3 Å². The van der Waals surface area contributed by atoms with E-state index in [0.717, 1.165) is 15.7 Å². The van der Waals surface area contributed by atoms with E-state index in [1.165, 1.54) is 13.0 Å². The number of alkyl halides is 3. The summed E-state index contributed by atoms with van der Waals surface area (Å²) in [7, 11) is 0. The molecule has 2 rings (SSSR count). The van der Waals surface area contributed by atoms with Crippen LogP contribution in [0.5, 0.6) is 0 Å². The number of rotatable bonds is 4. The van der Waals surface area contributed by atoms with Crippen molar-refractivity contribution in [2.24, 2.45) is 0 Å². The van der Waals surface area contributed by atoms with Crippen LogP contribution in [-0.2, 0) is 11.0 Å². The molecule has 1 atom stereocenters. The van der Waals surface area contributed by atoms with Crippen LogP contribution >= 0.6 is 0 Å². The van der Waals surface area contributed by atoms with Crippen molar-refractivity contribution < 1.29 is 18.0 Å². The summed E-state index contributed by atoms with van der Waals surface area (Å²) in [5.41, 5.74) is -1.05. The van der Waals surface area contributed by atoms with Gasteiger partial charge in [0.25, 0.3) is 5.56 Å². The Morgan fingerprint density at radius 2 is 1.88 bits per heavy atom. The average Bonchev–Trinajstić information content (AvgIpc) is 2.52. The second-order valence-electron chi connectivity index (χ2n) is 6.03. The molecule has 0 bridgehead atoms. The Bertz CT molecular complexity index is 872. The third kappa shape index (κ3) is 3.67. The Morgan fingerprint density at radius 1 is 1.28 bits per heavy atom. The summed E-state index contributed by atoms with van der Waals surface area (Å²) in [5, 5.41) is 2.61. The summed E-state index contributed by atoms with van der Waals surface area (Å²) in [6.45, 7) is 7.17. The third-order valence-electron chi connectivity index (χ3n) is 4.09. The van der Waals surface area contributed by atoms with Crippen molar-refractivity contribution in [1.82, 2.24) is 14.9 Å². The third-order valence-corrected chi connectivity index (χ3v) is 4.09. The van der Waals surface area contributed by atoms with Crippen LogP contribution in [0.1, 0.15) is 43.1 Å². The van der Waals surface area contributed by atoms with Gasteiger partial charge in [0, 0.05) is 6.54 Å². The molecule has 8 heteroatoms.